The molecule has 4 aromatic carbocycles. The lowest BCUT2D eigenvalue weighted by molar-refractivity contribution is 0.0869. The van der Waals surface area contributed by atoms with E-state index in [0.29, 0.717) is 16.3 Å². The zero-order chi connectivity index (χ0) is 26.1. The molecule has 0 radical (unpaired) electrons. The number of H-pyrrole nitrogens is 1. The van der Waals surface area contributed by atoms with Crippen LogP contribution < -0.4 is 5.01 Å². The molecule has 1 aliphatic heterocycles. The number of carbonyl (C=O) groups is 1. The van der Waals surface area contributed by atoms with Crippen LogP contribution in [0.5, 0.6) is 0 Å². The smallest absolute Gasteiger partial charge is 0.179 e. The van der Waals surface area contributed by atoms with Crippen molar-refractivity contribution in [2.24, 2.45) is 10.5 Å². The Balaban J connectivity index is 1.58. The van der Waals surface area contributed by atoms with Crippen LogP contribution in [0.4, 0.5) is 5.69 Å². The van der Waals surface area contributed by atoms with Crippen molar-refractivity contribution < 1.29 is 4.79 Å². The summed E-state index contributed by atoms with van der Waals surface area (Å²) in [5.74, 6) is -0.00131. The molecule has 0 saturated heterocycles. The maximum Gasteiger partial charge on any atom is 0.179 e. The molecule has 1 aliphatic rings. The summed E-state index contributed by atoms with van der Waals surface area (Å²) in [6.45, 7) is 2.02. The normalized spacial score (nSPS) is 18.8. The second kappa shape index (κ2) is 9.81. The van der Waals surface area contributed by atoms with E-state index in [0.717, 1.165) is 27.9 Å². The van der Waals surface area contributed by atoms with E-state index in [4.69, 9.17) is 16.7 Å². The molecular formula is C33H26ClN3O. The summed E-state index contributed by atoms with van der Waals surface area (Å²) in [6.07, 6.45) is 3.70. The predicted molar refractivity (Wildman–Crippen MR) is 155 cm³/mol. The van der Waals surface area contributed by atoms with Crippen LogP contribution in [0.2, 0.25) is 5.02 Å². The average molecular weight is 516 g/mol. The van der Waals surface area contributed by atoms with Crippen molar-refractivity contribution in [3.05, 3.63) is 149 Å². The minimum atomic E-state index is -1.02. The number of nitrogens with one attached hydrogen (secondary N) is 1. The lowest BCUT2D eigenvalue weighted by Crippen LogP contribution is -2.42. The number of nitrogens with zero attached hydrogens (tertiary/aromatic N) is 2. The molecule has 6 rings (SSSR count). The van der Waals surface area contributed by atoms with E-state index in [9.17, 15) is 4.79 Å². The van der Waals surface area contributed by atoms with E-state index in [1.807, 2.05) is 127 Å². The summed E-state index contributed by atoms with van der Waals surface area (Å²) in [6, 6.07) is 37.4. The number of benzene rings is 4. The molecule has 0 amide bonds. The van der Waals surface area contributed by atoms with E-state index in [1.54, 1.807) is 0 Å². The number of anilines is 1. The third-order valence-electron chi connectivity index (χ3n) is 7.29. The number of hydrogen-bond acceptors (Lipinski definition) is 3. The van der Waals surface area contributed by atoms with Crippen LogP contribution in [0.1, 0.15) is 34.5 Å². The van der Waals surface area contributed by atoms with Crippen molar-refractivity contribution >= 4 is 28.8 Å². The SMILES string of the molecule is CC1(C(=O)c2c[nH]cc2-c2ccccc2)C(c2ccc(Cl)cc2)=NN(c2ccccc2)C1c1ccccc1. The highest BCUT2D eigenvalue weighted by Gasteiger charge is 2.55. The van der Waals surface area contributed by atoms with Gasteiger partial charge in [0.15, 0.2) is 5.78 Å². The number of hydrogen-bond donors (Lipinski definition) is 1. The lowest BCUT2D eigenvalue weighted by atomic mass is 9.68. The van der Waals surface area contributed by atoms with Gasteiger partial charge in [-0.1, -0.05) is 103 Å². The highest BCUT2D eigenvalue weighted by Crippen LogP contribution is 2.51. The zero-order valence-corrected chi connectivity index (χ0v) is 21.6. The summed E-state index contributed by atoms with van der Waals surface area (Å²) in [7, 11) is 0. The number of Topliss-reactive ketones (excluding diaryl/α,β-unsaturated/α-hetero) is 1. The van der Waals surface area contributed by atoms with Gasteiger partial charge in [-0.25, -0.2) is 0 Å². The Labute approximate surface area is 227 Å². The molecule has 5 heteroatoms. The third kappa shape index (κ3) is 4.04. The number of aromatic amines is 1. The number of aromatic nitrogens is 1. The maximum absolute atomic E-state index is 14.9. The van der Waals surface area contributed by atoms with Crippen LogP contribution in [0.15, 0.2) is 133 Å². The Morgan fingerprint density at radius 3 is 2.05 bits per heavy atom. The number of hydrazone groups is 1. The van der Waals surface area contributed by atoms with E-state index in [1.165, 1.54) is 0 Å². The molecule has 38 heavy (non-hydrogen) atoms. The third-order valence-corrected chi connectivity index (χ3v) is 7.54. The fraction of sp³-hybridized carbons (Fsp3) is 0.0909. The fourth-order valence-electron chi connectivity index (χ4n) is 5.43. The van der Waals surface area contributed by atoms with Crippen molar-refractivity contribution in [1.29, 1.82) is 0 Å². The number of para-hydroxylation sites is 1. The Hall–Kier alpha value is -4.41. The number of carbonyl (C=O) groups excluding carboxylic acids is 1. The fourth-order valence-corrected chi connectivity index (χ4v) is 5.55. The lowest BCUT2D eigenvalue weighted by Gasteiger charge is -2.35. The van der Waals surface area contributed by atoms with Gasteiger partial charge in [0, 0.05) is 28.5 Å². The molecule has 5 aromatic rings. The standard InChI is InChI=1S/C33H26ClN3O/c1-33(32(38)29-22-35-21-28(29)23-11-5-2-6-12-23)30(24-17-19-26(34)20-18-24)36-37(27-15-9-4-10-16-27)31(33)25-13-7-3-8-14-25/h2-22,31,35H,1H3. The van der Waals surface area contributed by atoms with Gasteiger partial charge in [0.05, 0.1) is 17.4 Å². The van der Waals surface area contributed by atoms with Gasteiger partial charge in [0.1, 0.15) is 5.41 Å². The van der Waals surface area contributed by atoms with Gasteiger partial charge in [-0.2, -0.15) is 5.10 Å². The first kappa shape index (κ1) is 24.0. The molecule has 1 N–H and O–H groups in total. The van der Waals surface area contributed by atoms with Gasteiger partial charge in [-0.05, 0) is 47.9 Å². The minimum absolute atomic E-state index is 0.00131. The van der Waals surface area contributed by atoms with Gasteiger partial charge in [0.2, 0.25) is 0 Å². The molecule has 2 atom stereocenters. The van der Waals surface area contributed by atoms with Crippen LogP contribution in [0.3, 0.4) is 0 Å². The maximum atomic E-state index is 14.9. The Bertz CT molecular complexity index is 1590. The molecule has 2 unspecified atom stereocenters. The van der Waals surface area contributed by atoms with Crippen molar-refractivity contribution in [2.45, 2.75) is 13.0 Å². The van der Waals surface area contributed by atoms with Gasteiger partial charge < -0.3 is 4.98 Å². The van der Waals surface area contributed by atoms with Crippen LogP contribution >= 0.6 is 11.6 Å². The molecule has 0 saturated carbocycles. The monoisotopic (exact) mass is 515 g/mol. The van der Waals surface area contributed by atoms with E-state index >= 15 is 0 Å². The topological polar surface area (TPSA) is 48.5 Å². The number of halogens is 1. The van der Waals surface area contributed by atoms with E-state index in [2.05, 4.69) is 17.1 Å². The first-order chi connectivity index (χ1) is 18.6. The summed E-state index contributed by atoms with van der Waals surface area (Å²) in [5.41, 5.74) is 4.97. The van der Waals surface area contributed by atoms with Crippen LogP contribution in [0.25, 0.3) is 11.1 Å². The second-order valence-electron chi connectivity index (χ2n) is 9.63. The van der Waals surface area contributed by atoms with Crippen LogP contribution in [-0.2, 0) is 0 Å². The average Bonchev–Trinajstić information content (AvgIpc) is 3.58. The number of rotatable bonds is 6. The van der Waals surface area contributed by atoms with E-state index in [-0.39, 0.29) is 11.8 Å². The summed E-state index contributed by atoms with van der Waals surface area (Å²) in [5, 5.41) is 7.81. The van der Waals surface area contributed by atoms with Gasteiger partial charge in [-0.15, -0.1) is 0 Å². The largest absolute Gasteiger partial charge is 0.366 e. The molecule has 0 fully saturated rings. The van der Waals surface area contributed by atoms with Gasteiger partial charge in [0.25, 0.3) is 0 Å². The number of ketones is 1. The van der Waals surface area contributed by atoms with Gasteiger partial charge in [-0.3, -0.25) is 9.80 Å². The zero-order valence-electron chi connectivity index (χ0n) is 20.9. The first-order valence-corrected chi connectivity index (χ1v) is 13.0. The highest BCUT2D eigenvalue weighted by atomic mass is 35.5. The van der Waals surface area contributed by atoms with Crippen molar-refractivity contribution in [3.8, 4) is 11.1 Å². The quantitative estimate of drug-likeness (QED) is 0.232. The molecule has 0 bridgehead atoms. The molecular weight excluding hydrogens is 490 g/mol. The summed E-state index contributed by atoms with van der Waals surface area (Å²) in [4.78, 5) is 18.1. The predicted octanol–water partition coefficient (Wildman–Crippen LogP) is 8.19. The Morgan fingerprint density at radius 2 is 1.39 bits per heavy atom. The first-order valence-electron chi connectivity index (χ1n) is 12.6. The molecule has 0 spiro atoms. The van der Waals surface area contributed by atoms with Gasteiger partial charge >= 0.3 is 0 Å². The highest BCUT2D eigenvalue weighted by molar-refractivity contribution is 6.31. The Morgan fingerprint density at radius 1 is 0.789 bits per heavy atom. The van der Waals surface area contributed by atoms with Crippen LogP contribution in [0, 0.1) is 5.41 Å². The Kier molecular flexibility index (Phi) is 6.18. The van der Waals surface area contributed by atoms with Crippen molar-refractivity contribution in [1.82, 2.24) is 4.98 Å². The molecule has 4 nitrogen and oxygen atoms in total. The summed E-state index contributed by atoms with van der Waals surface area (Å²) >= 11 is 6.25. The molecule has 2 heterocycles. The minimum Gasteiger partial charge on any atom is -0.366 e. The van der Waals surface area contributed by atoms with E-state index < -0.39 is 5.41 Å². The molecule has 186 valence electrons. The second-order valence-corrected chi connectivity index (χ2v) is 10.1. The van der Waals surface area contributed by atoms with Crippen LogP contribution in [-0.4, -0.2) is 16.5 Å². The van der Waals surface area contributed by atoms with Crippen molar-refractivity contribution in [3.63, 3.8) is 0 Å². The summed E-state index contributed by atoms with van der Waals surface area (Å²) < 4.78 is 0. The molecule has 1 aromatic heterocycles. The molecule has 0 aliphatic carbocycles. The van der Waals surface area contributed by atoms with Crippen molar-refractivity contribution in [2.75, 3.05) is 5.01 Å².